The van der Waals surface area contributed by atoms with Crippen molar-refractivity contribution < 1.29 is 4.74 Å². The van der Waals surface area contributed by atoms with Gasteiger partial charge in [-0.05, 0) is 38.9 Å². The fourth-order valence-corrected chi connectivity index (χ4v) is 3.17. The largest absolute Gasteiger partial charge is 0.372 e. The first kappa shape index (κ1) is 13.1. The lowest BCUT2D eigenvalue weighted by molar-refractivity contribution is -0.0483. The fourth-order valence-electron chi connectivity index (χ4n) is 2.86. The zero-order chi connectivity index (χ0) is 12.3. The van der Waals surface area contributed by atoms with Gasteiger partial charge < -0.3 is 15.0 Å². The molecular formula is C13H24N2OS. The second kappa shape index (κ2) is 6.01. The minimum Gasteiger partial charge on any atom is -0.372 e. The molecule has 0 aromatic heterocycles. The molecule has 2 rings (SSSR count). The Hall–Kier alpha value is -0.350. The van der Waals surface area contributed by atoms with Crippen LogP contribution in [0.3, 0.4) is 0 Å². The Morgan fingerprint density at radius 3 is 2.29 bits per heavy atom. The van der Waals surface area contributed by atoms with Gasteiger partial charge >= 0.3 is 0 Å². The summed E-state index contributed by atoms with van der Waals surface area (Å²) in [5.41, 5.74) is 0. The van der Waals surface area contributed by atoms with Crippen molar-refractivity contribution in [3.05, 3.63) is 0 Å². The quantitative estimate of drug-likeness (QED) is 0.728. The van der Waals surface area contributed by atoms with E-state index in [-0.39, 0.29) is 12.2 Å². The molecule has 1 saturated carbocycles. The standard InChI is InChI=1S/C13H24N2OS/c1-10-8-15(9-11(2)16-10)13(17)14-12-6-4-3-5-7-12/h10-12H,3-9H2,1-2H3,(H,14,17)/t10-,11-/m0/s1. The van der Waals surface area contributed by atoms with E-state index in [1.807, 2.05) is 0 Å². The second-order valence-electron chi connectivity index (χ2n) is 5.45. The summed E-state index contributed by atoms with van der Waals surface area (Å²) in [6.07, 6.45) is 7.18. The maximum Gasteiger partial charge on any atom is 0.169 e. The molecule has 17 heavy (non-hydrogen) atoms. The van der Waals surface area contributed by atoms with Gasteiger partial charge in [0.05, 0.1) is 12.2 Å². The molecule has 0 unspecified atom stereocenters. The molecule has 2 fully saturated rings. The number of thiocarbonyl (C=S) groups is 1. The van der Waals surface area contributed by atoms with E-state index < -0.39 is 0 Å². The predicted octanol–water partition coefficient (Wildman–Crippen LogP) is 2.30. The monoisotopic (exact) mass is 256 g/mol. The van der Waals surface area contributed by atoms with E-state index in [1.54, 1.807) is 0 Å². The van der Waals surface area contributed by atoms with E-state index >= 15 is 0 Å². The highest BCUT2D eigenvalue weighted by Gasteiger charge is 2.25. The van der Waals surface area contributed by atoms with Crippen molar-refractivity contribution in [2.75, 3.05) is 13.1 Å². The highest BCUT2D eigenvalue weighted by Crippen LogP contribution is 2.18. The summed E-state index contributed by atoms with van der Waals surface area (Å²) in [6.45, 7) is 6.07. The molecule has 4 heteroatoms. The Morgan fingerprint density at radius 2 is 1.71 bits per heavy atom. The summed E-state index contributed by atoms with van der Waals surface area (Å²) in [5.74, 6) is 0. The molecule has 98 valence electrons. The van der Waals surface area contributed by atoms with E-state index in [0.29, 0.717) is 6.04 Å². The summed E-state index contributed by atoms with van der Waals surface area (Å²) in [7, 11) is 0. The zero-order valence-corrected chi connectivity index (χ0v) is 11.8. The van der Waals surface area contributed by atoms with Crippen LogP contribution >= 0.6 is 12.2 Å². The number of nitrogens with zero attached hydrogens (tertiary/aromatic N) is 1. The third kappa shape index (κ3) is 3.81. The molecule has 0 radical (unpaired) electrons. The van der Waals surface area contributed by atoms with Gasteiger partial charge in [0.1, 0.15) is 0 Å². The topological polar surface area (TPSA) is 24.5 Å². The van der Waals surface area contributed by atoms with Crippen LogP contribution in [0.2, 0.25) is 0 Å². The first-order chi connectivity index (χ1) is 8.15. The van der Waals surface area contributed by atoms with Crippen LogP contribution in [0, 0.1) is 0 Å². The van der Waals surface area contributed by atoms with Crippen LogP contribution in [0.5, 0.6) is 0 Å². The van der Waals surface area contributed by atoms with Gasteiger partial charge in [0.25, 0.3) is 0 Å². The molecule has 2 atom stereocenters. The summed E-state index contributed by atoms with van der Waals surface area (Å²) >= 11 is 5.52. The van der Waals surface area contributed by atoms with Crippen LogP contribution in [-0.4, -0.2) is 41.4 Å². The van der Waals surface area contributed by atoms with Crippen molar-refractivity contribution in [1.82, 2.24) is 10.2 Å². The second-order valence-corrected chi connectivity index (χ2v) is 5.83. The van der Waals surface area contributed by atoms with Crippen LogP contribution in [0.15, 0.2) is 0 Å². The minimum absolute atomic E-state index is 0.282. The Morgan fingerprint density at radius 1 is 1.12 bits per heavy atom. The van der Waals surface area contributed by atoms with Crippen molar-refractivity contribution in [3.63, 3.8) is 0 Å². The first-order valence-electron chi connectivity index (χ1n) is 6.86. The van der Waals surface area contributed by atoms with Crippen LogP contribution in [0.25, 0.3) is 0 Å². The van der Waals surface area contributed by atoms with Crippen LogP contribution in [0.4, 0.5) is 0 Å². The Kier molecular flexibility index (Phi) is 4.62. The van der Waals surface area contributed by atoms with Crippen molar-refractivity contribution in [2.24, 2.45) is 0 Å². The van der Waals surface area contributed by atoms with E-state index in [0.717, 1.165) is 18.2 Å². The van der Waals surface area contributed by atoms with E-state index in [4.69, 9.17) is 17.0 Å². The lowest BCUT2D eigenvalue weighted by Gasteiger charge is -2.38. The SMILES string of the molecule is C[C@H]1CN(C(=S)NC2CCCCC2)C[C@H](C)O1. The number of rotatable bonds is 1. The number of nitrogens with one attached hydrogen (secondary N) is 1. The van der Waals surface area contributed by atoms with E-state index in [1.165, 1.54) is 32.1 Å². The molecule has 0 aromatic carbocycles. The normalized spacial score (nSPS) is 31.3. The first-order valence-corrected chi connectivity index (χ1v) is 7.27. The minimum atomic E-state index is 0.282. The number of hydrogen-bond acceptors (Lipinski definition) is 2. The molecule has 1 heterocycles. The summed E-state index contributed by atoms with van der Waals surface area (Å²) < 4.78 is 5.73. The molecule has 1 aliphatic carbocycles. The summed E-state index contributed by atoms with van der Waals surface area (Å²) in [4.78, 5) is 2.27. The molecule has 0 amide bonds. The third-order valence-electron chi connectivity index (χ3n) is 3.64. The van der Waals surface area contributed by atoms with Crippen molar-refractivity contribution in [1.29, 1.82) is 0 Å². The number of ether oxygens (including phenoxy) is 1. The van der Waals surface area contributed by atoms with E-state index in [9.17, 15) is 0 Å². The molecular weight excluding hydrogens is 232 g/mol. The number of morpholine rings is 1. The summed E-state index contributed by atoms with van der Waals surface area (Å²) in [5, 5.41) is 4.46. The maximum absolute atomic E-state index is 5.73. The zero-order valence-electron chi connectivity index (χ0n) is 10.9. The highest BCUT2D eigenvalue weighted by molar-refractivity contribution is 7.80. The van der Waals surface area contributed by atoms with Gasteiger partial charge in [-0.1, -0.05) is 19.3 Å². The molecule has 3 nitrogen and oxygen atoms in total. The summed E-state index contributed by atoms with van der Waals surface area (Å²) in [6, 6.07) is 0.602. The number of hydrogen-bond donors (Lipinski definition) is 1. The molecule has 1 aliphatic heterocycles. The molecule has 0 bridgehead atoms. The highest BCUT2D eigenvalue weighted by atomic mass is 32.1. The van der Waals surface area contributed by atoms with Gasteiger partial charge in [0, 0.05) is 19.1 Å². The molecule has 2 aliphatic rings. The van der Waals surface area contributed by atoms with Gasteiger partial charge in [-0.25, -0.2) is 0 Å². The van der Waals surface area contributed by atoms with E-state index in [2.05, 4.69) is 24.1 Å². The fraction of sp³-hybridized carbons (Fsp3) is 0.923. The van der Waals surface area contributed by atoms with Crippen molar-refractivity contribution in [3.8, 4) is 0 Å². The lowest BCUT2D eigenvalue weighted by Crippen LogP contribution is -2.53. The van der Waals surface area contributed by atoms with Crippen LogP contribution in [-0.2, 0) is 4.74 Å². The van der Waals surface area contributed by atoms with Crippen molar-refractivity contribution >= 4 is 17.3 Å². The molecule has 0 aromatic rings. The average Bonchev–Trinajstić information content (AvgIpc) is 2.29. The van der Waals surface area contributed by atoms with Crippen molar-refractivity contribution in [2.45, 2.75) is 64.2 Å². The van der Waals surface area contributed by atoms with Crippen LogP contribution in [0.1, 0.15) is 46.0 Å². The molecule has 1 saturated heterocycles. The lowest BCUT2D eigenvalue weighted by atomic mass is 9.96. The molecule has 0 spiro atoms. The Labute approximate surface area is 110 Å². The van der Waals surface area contributed by atoms with Gasteiger partial charge in [-0.2, -0.15) is 0 Å². The Bertz CT molecular complexity index is 256. The van der Waals surface area contributed by atoms with Gasteiger partial charge in [-0.15, -0.1) is 0 Å². The van der Waals surface area contributed by atoms with Gasteiger partial charge in [0.2, 0.25) is 0 Å². The van der Waals surface area contributed by atoms with Crippen LogP contribution < -0.4 is 5.32 Å². The maximum atomic E-state index is 5.73. The predicted molar refractivity (Wildman–Crippen MR) is 74.2 cm³/mol. The Balaban J connectivity index is 1.81. The van der Waals surface area contributed by atoms with Gasteiger partial charge in [-0.3, -0.25) is 0 Å². The molecule has 1 N–H and O–H groups in total. The average molecular weight is 256 g/mol. The smallest absolute Gasteiger partial charge is 0.169 e. The third-order valence-corrected chi connectivity index (χ3v) is 4.02. The van der Waals surface area contributed by atoms with Gasteiger partial charge in [0.15, 0.2) is 5.11 Å².